The quantitative estimate of drug-likeness (QED) is 0.645. The molecule has 3 aromatic rings. The van der Waals surface area contributed by atoms with Crippen molar-refractivity contribution in [1.82, 2.24) is 5.43 Å². The first kappa shape index (κ1) is 19.5. The fraction of sp³-hybridized carbons (Fsp3) is 0.240. The third kappa shape index (κ3) is 3.70. The number of carbonyl (C=O) groups excluding carboxylic acids is 2. The summed E-state index contributed by atoms with van der Waals surface area (Å²) in [6.45, 7) is 2.57. The highest BCUT2D eigenvalue weighted by molar-refractivity contribution is 6.24. The Morgan fingerprint density at radius 2 is 1.74 bits per heavy atom. The van der Waals surface area contributed by atoms with Gasteiger partial charge in [0.15, 0.2) is 0 Å². The number of carbonyl (C=O) groups is 2. The van der Waals surface area contributed by atoms with Gasteiger partial charge in [0, 0.05) is 35.1 Å². The number of nitrogens with one attached hydrogen (secondary N) is 2. The fourth-order valence-corrected chi connectivity index (χ4v) is 4.35. The summed E-state index contributed by atoms with van der Waals surface area (Å²) in [7, 11) is 2.17. The van der Waals surface area contributed by atoms with E-state index in [1.54, 1.807) is 17.0 Å². The molecule has 31 heavy (non-hydrogen) atoms. The first-order valence-corrected chi connectivity index (χ1v) is 10.7. The molecule has 156 valence electrons. The van der Waals surface area contributed by atoms with E-state index in [1.165, 1.54) is 4.90 Å². The Morgan fingerprint density at radius 3 is 2.48 bits per heavy atom. The zero-order valence-electron chi connectivity index (χ0n) is 17.5. The predicted octanol–water partition coefficient (Wildman–Crippen LogP) is 2.39. The molecule has 2 heterocycles. The van der Waals surface area contributed by atoms with Crippen LogP contribution in [0.5, 0.6) is 0 Å². The van der Waals surface area contributed by atoms with E-state index in [4.69, 9.17) is 0 Å². The number of hydrazone groups is 1. The molecule has 1 saturated heterocycles. The van der Waals surface area contributed by atoms with Crippen molar-refractivity contribution in [2.75, 3.05) is 25.0 Å². The topological polar surface area (TPSA) is 66.2 Å². The van der Waals surface area contributed by atoms with E-state index in [1.807, 2.05) is 48.5 Å². The number of anilines is 1. The van der Waals surface area contributed by atoms with Crippen molar-refractivity contribution in [2.24, 2.45) is 5.10 Å². The van der Waals surface area contributed by atoms with E-state index in [9.17, 15) is 9.59 Å². The maximum Gasteiger partial charge on any atom is 0.271 e. The predicted molar refractivity (Wildman–Crippen MR) is 122 cm³/mol. The second-order valence-corrected chi connectivity index (χ2v) is 8.35. The molecule has 0 aromatic heterocycles. The molecular formula is C25H25N4O2+. The van der Waals surface area contributed by atoms with Crippen LogP contribution in [-0.4, -0.2) is 37.7 Å². The average Bonchev–Trinajstić information content (AvgIpc) is 3.07. The number of rotatable bonds is 4. The minimum absolute atomic E-state index is 0.0180. The van der Waals surface area contributed by atoms with Crippen molar-refractivity contribution in [2.45, 2.75) is 19.4 Å². The zero-order chi connectivity index (χ0) is 21.4. The molecule has 6 nitrogen and oxygen atoms in total. The highest BCUT2D eigenvalue weighted by Crippen LogP contribution is 2.37. The van der Waals surface area contributed by atoms with Crippen molar-refractivity contribution >= 4 is 34.0 Å². The van der Waals surface area contributed by atoms with Crippen LogP contribution in [0.4, 0.5) is 5.69 Å². The molecule has 2 aliphatic heterocycles. The summed E-state index contributed by atoms with van der Waals surface area (Å²) in [6, 6.07) is 19.2. The zero-order valence-corrected chi connectivity index (χ0v) is 17.5. The van der Waals surface area contributed by atoms with Crippen LogP contribution in [0.15, 0.2) is 65.8 Å². The van der Waals surface area contributed by atoms with Crippen molar-refractivity contribution in [3.8, 4) is 0 Å². The number of quaternary nitrogens is 1. The van der Waals surface area contributed by atoms with Crippen molar-refractivity contribution in [3.05, 3.63) is 77.4 Å². The van der Waals surface area contributed by atoms with Gasteiger partial charge >= 0.3 is 0 Å². The Balaban J connectivity index is 1.28. The maximum absolute atomic E-state index is 13.0. The van der Waals surface area contributed by atoms with Gasteiger partial charge in [-0.15, -0.1) is 0 Å². The van der Waals surface area contributed by atoms with Crippen LogP contribution in [0.1, 0.15) is 39.1 Å². The summed E-state index contributed by atoms with van der Waals surface area (Å²) in [5.74, 6) is -0.191. The van der Waals surface area contributed by atoms with Gasteiger partial charge < -0.3 is 9.80 Å². The molecule has 0 radical (unpaired) electrons. The summed E-state index contributed by atoms with van der Waals surface area (Å²) >= 11 is 0. The summed E-state index contributed by atoms with van der Waals surface area (Å²) in [5, 5.41) is 6.39. The highest BCUT2D eigenvalue weighted by Gasteiger charge is 2.29. The van der Waals surface area contributed by atoms with E-state index in [2.05, 4.69) is 17.6 Å². The van der Waals surface area contributed by atoms with Crippen molar-refractivity contribution < 1.29 is 14.5 Å². The molecular weight excluding hydrogens is 388 g/mol. The Morgan fingerprint density at radius 1 is 1.03 bits per heavy atom. The third-order valence-electron chi connectivity index (χ3n) is 6.20. The molecule has 2 aliphatic rings. The molecule has 0 unspecified atom stereocenters. The number of amides is 2. The van der Waals surface area contributed by atoms with Crippen molar-refractivity contribution in [3.63, 3.8) is 0 Å². The van der Waals surface area contributed by atoms with Crippen LogP contribution >= 0.6 is 0 Å². The minimum Gasteiger partial charge on any atom is -0.337 e. The number of hydrogen-bond acceptors (Lipinski definition) is 3. The molecule has 5 rings (SSSR count). The van der Waals surface area contributed by atoms with Gasteiger partial charge in [-0.1, -0.05) is 36.4 Å². The normalized spacial score (nSPS) is 17.8. The fourth-order valence-electron chi connectivity index (χ4n) is 4.35. The second kappa shape index (κ2) is 7.96. The Labute approximate surface area is 181 Å². The lowest BCUT2D eigenvalue weighted by molar-refractivity contribution is -0.880. The lowest BCUT2D eigenvalue weighted by atomic mass is 10.1. The number of nitrogens with zero attached hydrogens (tertiary/aromatic N) is 2. The SMILES string of the molecule is C[NH+]1CCC(=NNC(=O)c2ccc(CN3C(=O)c4cccc5cccc3c45)cc2)CC1. The van der Waals surface area contributed by atoms with E-state index in [0.717, 1.165) is 59.2 Å². The number of hydrogen-bond donors (Lipinski definition) is 2. The maximum atomic E-state index is 13.0. The second-order valence-electron chi connectivity index (χ2n) is 8.35. The van der Waals surface area contributed by atoms with Crippen LogP contribution in [0.3, 0.4) is 0 Å². The smallest absolute Gasteiger partial charge is 0.271 e. The van der Waals surface area contributed by atoms with Crippen LogP contribution in [-0.2, 0) is 6.54 Å². The summed E-state index contributed by atoms with van der Waals surface area (Å²) in [6.07, 6.45) is 1.84. The lowest BCUT2D eigenvalue weighted by Crippen LogP contribution is -3.10. The number of benzene rings is 3. The van der Waals surface area contributed by atoms with Gasteiger partial charge in [-0.3, -0.25) is 9.59 Å². The average molecular weight is 414 g/mol. The van der Waals surface area contributed by atoms with Crippen LogP contribution < -0.4 is 15.2 Å². The summed E-state index contributed by atoms with van der Waals surface area (Å²) < 4.78 is 0. The van der Waals surface area contributed by atoms with E-state index >= 15 is 0 Å². The van der Waals surface area contributed by atoms with Crippen LogP contribution in [0, 0.1) is 0 Å². The highest BCUT2D eigenvalue weighted by atomic mass is 16.2. The Hall–Kier alpha value is -3.51. The van der Waals surface area contributed by atoms with Crippen molar-refractivity contribution in [1.29, 1.82) is 0 Å². The number of piperidine rings is 1. The number of likely N-dealkylation sites (tertiary alicyclic amines) is 1. The van der Waals surface area contributed by atoms with Gasteiger partial charge in [0.2, 0.25) is 0 Å². The van der Waals surface area contributed by atoms with E-state index in [0.29, 0.717) is 12.1 Å². The van der Waals surface area contributed by atoms with Gasteiger partial charge in [-0.25, -0.2) is 5.43 Å². The molecule has 0 saturated carbocycles. The van der Waals surface area contributed by atoms with Gasteiger partial charge in [0.05, 0.1) is 32.4 Å². The molecule has 2 N–H and O–H groups in total. The minimum atomic E-state index is -0.209. The standard InChI is InChI=1S/C25H24N4O2/c1-28-14-12-20(13-15-28)26-27-24(30)19-10-8-17(9-11-19)16-29-22-7-3-5-18-4-2-6-21(23(18)22)25(29)31/h2-11H,12-16H2,1H3,(H,27,30)/p+1. The largest absolute Gasteiger partial charge is 0.337 e. The molecule has 3 aromatic carbocycles. The molecule has 0 bridgehead atoms. The van der Waals surface area contributed by atoms with E-state index in [-0.39, 0.29) is 11.8 Å². The Bertz CT molecular complexity index is 1180. The summed E-state index contributed by atoms with van der Waals surface area (Å²) in [4.78, 5) is 28.7. The van der Waals surface area contributed by atoms with Gasteiger partial charge in [-0.05, 0) is 35.2 Å². The van der Waals surface area contributed by atoms with E-state index < -0.39 is 0 Å². The van der Waals surface area contributed by atoms with Gasteiger partial charge in [-0.2, -0.15) is 5.10 Å². The molecule has 0 spiro atoms. The molecule has 2 amide bonds. The Kier molecular flexibility index (Phi) is 5.00. The van der Waals surface area contributed by atoms with Crippen LogP contribution in [0.2, 0.25) is 0 Å². The monoisotopic (exact) mass is 413 g/mol. The van der Waals surface area contributed by atoms with Gasteiger partial charge in [0.1, 0.15) is 0 Å². The first-order chi connectivity index (χ1) is 15.1. The molecule has 0 atom stereocenters. The molecule has 1 fully saturated rings. The lowest BCUT2D eigenvalue weighted by Gasteiger charge is -2.20. The summed E-state index contributed by atoms with van der Waals surface area (Å²) in [5.41, 5.74) is 6.96. The molecule has 6 heteroatoms. The van der Waals surface area contributed by atoms with Gasteiger partial charge in [0.25, 0.3) is 11.8 Å². The third-order valence-corrected chi connectivity index (χ3v) is 6.20. The first-order valence-electron chi connectivity index (χ1n) is 10.7. The van der Waals surface area contributed by atoms with Crippen LogP contribution in [0.25, 0.3) is 10.8 Å². The molecule has 0 aliphatic carbocycles.